The van der Waals surface area contributed by atoms with Crippen molar-refractivity contribution >= 4 is 12.6 Å². The molecule has 0 amide bonds. The van der Waals surface area contributed by atoms with Crippen molar-refractivity contribution in [3.05, 3.63) is 30.2 Å². The number of rotatable bonds is 3. The van der Waals surface area contributed by atoms with Crippen LogP contribution >= 0.6 is 0 Å². The zero-order valence-electron chi connectivity index (χ0n) is 8.79. The van der Waals surface area contributed by atoms with E-state index < -0.39 is 7.12 Å². The predicted molar refractivity (Wildman–Crippen MR) is 58.9 cm³/mol. The number of benzene rings is 1. The highest BCUT2D eigenvalue weighted by molar-refractivity contribution is 6.58. The lowest BCUT2D eigenvalue weighted by molar-refractivity contribution is 0.383. The van der Waals surface area contributed by atoms with Gasteiger partial charge in [0, 0.05) is 12.0 Å². The van der Waals surface area contributed by atoms with E-state index in [1.165, 1.54) is 0 Å². The first-order valence-electron chi connectivity index (χ1n) is 4.99. The lowest BCUT2D eigenvalue weighted by Gasteiger charge is -1.99. The Hall–Kier alpha value is -1.66. The van der Waals surface area contributed by atoms with Crippen molar-refractivity contribution in [3.8, 4) is 11.4 Å². The minimum absolute atomic E-state index is 0.433. The molecule has 0 aliphatic rings. The average molecular weight is 218 g/mol. The first-order valence-corrected chi connectivity index (χ1v) is 4.99. The maximum Gasteiger partial charge on any atom is 0.488 e. The maximum absolute atomic E-state index is 8.93. The first kappa shape index (κ1) is 10.8. The van der Waals surface area contributed by atoms with Gasteiger partial charge in [-0.25, -0.2) is 0 Å². The van der Waals surface area contributed by atoms with Crippen LogP contribution in [0.5, 0.6) is 0 Å². The van der Waals surface area contributed by atoms with Gasteiger partial charge in [0.15, 0.2) is 0 Å². The van der Waals surface area contributed by atoms with E-state index in [0.29, 0.717) is 23.6 Å². The fourth-order valence-electron chi connectivity index (χ4n) is 1.32. The van der Waals surface area contributed by atoms with Crippen molar-refractivity contribution < 1.29 is 14.6 Å². The Morgan fingerprint density at radius 1 is 1.25 bits per heavy atom. The Morgan fingerprint density at radius 3 is 2.44 bits per heavy atom. The molecule has 1 aromatic heterocycles. The van der Waals surface area contributed by atoms with Gasteiger partial charge in [0.2, 0.25) is 11.7 Å². The number of nitrogens with zero attached hydrogens (tertiary/aromatic N) is 2. The molecule has 0 unspecified atom stereocenters. The highest BCUT2D eigenvalue weighted by Gasteiger charge is 2.12. The standard InChI is InChI=1S/C10H11BN2O3/c1-2-9-12-10(13-16-9)7-3-5-8(6-4-7)11(14)15/h3-6,14-15H,2H2,1H3. The van der Waals surface area contributed by atoms with E-state index in [2.05, 4.69) is 10.1 Å². The van der Waals surface area contributed by atoms with Crippen LogP contribution in [0.3, 0.4) is 0 Å². The van der Waals surface area contributed by atoms with Crippen molar-refractivity contribution in [1.82, 2.24) is 10.1 Å². The number of aryl methyl sites for hydroxylation is 1. The van der Waals surface area contributed by atoms with Gasteiger partial charge in [-0.3, -0.25) is 0 Å². The smallest absolute Gasteiger partial charge is 0.423 e. The fraction of sp³-hybridized carbons (Fsp3) is 0.200. The molecule has 0 atom stereocenters. The van der Waals surface area contributed by atoms with Gasteiger partial charge in [-0.1, -0.05) is 36.3 Å². The van der Waals surface area contributed by atoms with Crippen LogP contribution in [0.4, 0.5) is 0 Å². The third kappa shape index (κ3) is 2.12. The second kappa shape index (κ2) is 4.46. The molecule has 0 aliphatic carbocycles. The zero-order valence-corrected chi connectivity index (χ0v) is 8.79. The summed E-state index contributed by atoms with van der Waals surface area (Å²) in [6.45, 7) is 1.93. The Balaban J connectivity index is 2.27. The summed E-state index contributed by atoms with van der Waals surface area (Å²) in [4.78, 5) is 4.17. The minimum Gasteiger partial charge on any atom is -0.423 e. The van der Waals surface area contributed by atoms with Gasteiger partial charge in [-0.05, 0) is 5.46 Å². The molecule has 0 saturated carbocycles. The molecule has 0 fully saturated rings. The van der Waals surface area contributed by atoms with Gasteiger partial charge < -0.3 is 14.6 Å². The maximum atomic E-state index is 8.93. The molecule has 2 N–H and O–H groups in total. The van der Waals surface area contributed by atoms with Crippen LogP contribution in [0.2, 0.25) is 0 Å². The van der Waals surface area contributed by atoms with Gasteiger partial charge in [0.25, 0.3) is 0 Å². The summed E-state index contributed by atoms with van der Waals surface area (Å²) in [5, 5.41) is 21.7. The van der Waals surface area contributed by atoms with Crippen molar-refractivity contribution in [2.75, 3.05) is 0 Å². The van der Waals surface area contributed by atoms with Crippen molar-refractivity contribution in [2.45, 2.75) is 13.3 Å². The highest BCUT2D eigenvalue weighted by atomic mass is 16.5. The molecular formula is C10H11BN2O3. The monoisotopic (exact) mass is 218 g/mol. The molecule has 16 heavy (non-hydrogen) atoms. The molecule has 6 heteroatoms. The summed E-state index contributed by atoms with van der Waals surface area (Å²) in [7, 11) is -1.45. The van der Waals surface area contributed by atoms with Crippen LogP contribution in [-0.4, -0.2) is 27.3 Å². The van der Waals surface area contributed by atoms with Gasteiger partial charge >= 0.3 is 7.12 Å². The quantitative estimate of drug-likeness (QED) is 0.707. The molecule has 2 aromatic rings. The predicted octanol–water partition coefficient (Wildman–Crippen LogP) is -0.0212. The summed E-state index contributed by atoms with van der Waals surface area (Å²) in [6, 6.07) is 6.67. The largest absolute Gasteiger partial charge is 0.488 e. The van der Waals surface area contributed by atoms with Crippen molar-refractivity contribution in [1.29, 1.82) is 0 Å². The lowest BCUT2D eigenvalue weighted by atomic mass is 9.80. The molecule has 2 rings (SSSR count). The summed E-state index contributed by atoms with van der Waals surface area (Å²) < 4.78 is 4.99. The van der Waals surface area contributed by atoms with Gasteiger partial charge in [-0.15, -0.1) is 0 Å². The molecule has 5 nitrogen and oxygen atoms in total. The van der Waals surface area contributed by atoms with Crippen molar-refractivity contribution in [2.24, 2.45) is 0 Å². The van der Waals surface area contributed by atoms with Gasteiger partial charge in [-0.2, -0.15) is 4.98 Å². The molecule has 0 bridgehead atoms. The van der Waals surface area contributed by atoms with Crippen LogP contribution in [0.1, 0.15) is 12.8 Å². The fourth-order valence-corrected chi connectivity index (χ4v) is 1.32. The van der Waals surface area contributed by atoms with Crippen LogP contribution in [0.25, 0.3) is 11.4 Å². The zero-order chi connectivity index (χ0) is 11.5. The summed E-state index contributed by atoms with van der Waals surface area (Å²) in [5.74, 6) is 1.09. The molecular weight excluding hydrogens is 207 g/mol. The molecule has 0 saturated heterocycles. The summed E-state index contributed by atoms with van der Waals surface area (Å²) in [6.07, 6.45) is 0.695. The summed E-state index contributed by atoms with van der Waals surface area (Å²) >= 11 is 0. The van der Waals surface area contributed by atoms with E-state index in [9.17, 15) is 0 Å². The van der Waals surface area contributed by atoms with E-state index in [4.69, 9.17) is 14.6 Å². The molecule has 0 radical (unpaired) electrons. The Morgan fingerprint density at radius 2 is 1.94 bits per heavy atom. The Kier molecular flexibility index (Phi) is 3.03. The number of aromatic nitrogens is 2. The average Bonchev–Trinajstić information content (AvgIpc) is 2.77. The lowest BCUT2D eigenvalue weighted by Crippen LogP contribution is -2.29. The Bertz CT molecular complexity index is 467. The van der Waals surface area contributed by atoms with E-state index >= 15 is 0 Å². The van der Waals surface area contributed by atoms with Crippen LogP contribution in [-0.2, 0) is 6.42 Å². The van der Waals surface area contributed by atoms with E-state index in [1.54, 1.807) is 24.3 Å². The normalized spacial score (nSPS) is 10.4. The van der Waals surface area contributed by atoms with Crippen molar-refractivity contribution in [3.63, 3.8) is 0 Å². The third-order valence-electron chi connectivity index (χ3n) is 2.24. The van der Waals surface area contributed by atoms with Gasteiger partial charge in [0.1, 0.15) is 0 Å². The second-order valence-corrected chi connectivity index (χ2v) is 3.36. The number of hydrogen-bond acceptors (Lipinski definition) is 5. The summed E-state index contributed by atoms with van der Waals surface area (Å²) in [5.41, 5.74) is 1.22. The van der Waals surface area contributed by atoms with E-state index in [1.807, 2.05) is 6.92 Å². The highest BCUT2D eigenvalue weighted by Crippen LogP contribution is 2.14. The topological polar surface area (TPSA) is 79.4 Å². The number of hydrogen-bond donors (Lipinski definition) is 2. The minimum atomic E-state index is -1.45. The molecule has 1 heterocycles. The first-order chi connectivity index (χ1) is 7.70. The van der Waals surface area contributed by atoms with Crippen LogP contribution in [0.15, 0.2) is 28.8 Å². The molecule has 0 aliphatic heterocycles. The van der Waals surface area contributed by atoms with E-state index in [0.717, 1.165) is 5.56 Å². The SMILES string of the molecule is CCc1nc(-c2ccc(B(O)O)cc2)no1. The van der Waals surface area contributed by atoms with E-state index in [-0.39, 0.29) is 0 Å². The molecule has 0 spiro atoms. The molecule has 1 aromatic carbocycles. The third-order valence-corrected chi connectivity index (χ3v) is 2.24. The molecule has 82 valence electrons. The van der Waals surface area contributed by atoms with Crippen LogP contribution < -0.4 is 5.46 Å². The van der Waals surface area contributed by atoms with Gasteiger partial charge in [0.05, 0.1) is 0 Å². The Labute approximate surface area is 92.9 Å². The second-order valence-electron chi connectivity index (χ2n) is 3.36. The van der Waals surface area contributed by atoms with Crippen LogP contribution in [0, 0.1) is 0 Å².